The van der Waals surface area contributed by atoms with Gasteiger partial charge in [0.1, 0.15) is 0 Å². The highest BCUT2D eigenvalue weighted by atomic mass is 16.3. The monoisotopic (exact) mass is 437 g/mol. The molecule has 1 aliphatic heterocycles. The largest absolute Gasteiger partial charge is 0.396 e. The molecule has 1 aliphatic carbocycles. The van der Waals surface area contributed by atoms with Crippen molar-refractivity contribution in [1.82, 2.24) is 5.32 Å². The fourth-order valence-electron chi connectivity index (χ4n) is 5.26. The molecule has 2 amide bonds. The molecule has 0 bridgehead atoms. The topological polar surface area (TPSA) is 66.4 Å². The SMILES string of the molecule is O=C1NC(=O)c2ccccc21.OCCCC1CCCc2c1ccc1c2ccc2ccccc21. The second-order valence-electron chi connectivity index (χ2n) is 8.80. The summed E-state index contributed by atoms with van der Waals surface area (Å²) >= 11 is 0. The third-order valence-corrected chi connectivity index (χ3v) is 6.85. The van der Waals surface area contributed by atoms with Crippen molar-refractivity contribution in [2.24, 2.45) is 0 Å². The van der Waals surface area contributed by atoms with Crippen molar-refractivity contribution in [3.05, 3.63) is 95.1 Å². The minimum atomic E-state index is -0.300. The fourth-order valence-corrected chi connectivity index (χ4v) is 5.26. The van der Waals surface area contributed by atoms with Gasteiger partial charge in [-0.05, 0) is 82.8 Å². The highest BCUT2D eigenvalue weighted by Crippen LogP contribution is 2.39. The average molecular weight is 438 g/mol. The maximum Gasteiger partial charge on any atom is 0.258 e. The van der Waals surface area contributed by atoms with Gasteiger partial charge in [-0.2, -0.15) is 0 Å². The second-order valence-corrected chi connectivity index (χ2v) is 8.80. The Kier molecular flexibility index (Phi) is 5.93. The molecule has 0 fully saturated rings. The van der Waals surface area contributed by atoms with Crippen molar-refractivity contribution in [1.29, 1.82) is 0 Å². The molecular formula is C29H27NO3. The molecule has 1 atom stereocenters. The zero-order valence-corrected chi connectivity index (χ0v) is 18.5. The number of imide groups is 1. The number of hydrogen-bond donors (Lipinski definition) is 2. The van der Waals surface area contributed by atoms with Gasteiger partial charge in [-0.1, -0.05) is 60.7 Å². The van der Waals surface area contributed by atoms with Crippen molar-refractivity contribution >= 4 is 33.4 Å². The van der Waals surface area contributed by atoms with Crippen LogP contribution in [0.5, 0.6) is 0 Å². The van der Waals surface area contributed by atoms with Crippen LogP contribution < -0.4 is 5.32 Å². The Morgan fingerprint density at radius 2 is 1.48 bits per heavy atom. The van der Waals surface area contributed by atoms with Gasteiger partial charge in [0.25, 0.3) is 11.8 Å². The lowest BCUT2D eigenvalue weighted by molar-refractivity contribution is 0.0879. The van der Waals surface area contributed by atoms with E-state index in [-0.39, 0.29) is 11.8 Å². The predicted molar refractivity (Wildman–Crippen MR) is 132 cm³/mol. The smallest absolute Gasteiger partial charge is 0.258 e. The van der Waals surface area contributed by atoms with Crippen LogP contribution in [0.4, 0.5) is 0 Å². The molecule has 0 radical (unpaired) electrons. The number of aliphatic hydroxyl groups excluding tert-OH is 1. The Balaban J connectivity index is 0.000000174. The van der Waals surface area contributed by atoms with Crippen molar-refractivity contribution < 1.29 is 14.7 Å². The van der Waals surface area contributed by atoms with Crippen LogP contribution in [-0.2, 0) is 6.42 Å². The lowest BCUT2D eigenvalue weighted by atomic mass is 9.78. The van der Waals surface area contributed by atoms with Crippen molar-refractivity contribution in [3.8, 4) is 0 Å². The quantitative estimate of drug-likeness (QED) is 0.317. The Hall–Kier alpha value is -3.50. The summed E-state index contributed by atoms with van der Waals surface area (Å²) in [7, 11) is 0. The van der Waals surface area contributed by atoms with Gasteiger partial charge in [0.15, 0.2) is 0 Å². The third-order valence-electron chi connectivity index (χ3n) is 6.85. The van der Waals surface area contributed by atoms with E-state index in [0.29, 0.717) is 23.7 Å². The molecule has 2 N–H and O–H groups in total. The zero-order valence-electron chi connectivity index (χ0n) is 18.5. The first kappa shape index (κ1) is 21.4. The molecule has 4 nitrogen and oxygen atoms in total. The minimum Gasteiger partial charge on any atom is -0.396 e. The summed E-state index contributed by atoms with van der Waals surface area (Å²) in [4.78, 5) is 21.9. The fraction of sp³-hybridized carbons (Fsp3) is 0.241. The van der Waals surface area contributed by atoms with Gasteiger partial charge in [-0.15, -0.1) is 0 Å². The Morgan fingerprint density at radius 1 is 0.788 bits per heavy atom. The molecule has 1 unspecified atom stereocenters. The number of aryl methyl sites for hydroxylation is 1. The molecule has 4 aromatic carbocycles. The van der Waals surface area contributed by atoms with Crippen LogP contribution in [0.3, 0.4) is 0 Å². The third kappa shape index (κ3) is 4.03. The number of carbonyl (C=O) groups is 2. The van der Waals surface area contributed by atoms with Crippen molar-refractivity contribution in [2.45, 2.75) is 38.0 Å². The van der Waals surface area contributed by atoms with Crippen LogP contribution in [0.15, 0.2) is 72.8 Å². The maximum atomic E-state index is 10.9. The maximum absolute atomic E-state index is 10.9. The normalized spacial score (nSPS) is 16.7. The number of nitrogens with one attached hydrogen (secondary N) is 1. The Bertz CT molecular complexity index is 1320. The molecule has 2 aliphatic rings. The van der Waals surface area contributed by atoms with Crippen LogP contribution in [0.25, 0.3) is 21.5 Å². The highest BCUT2D eigenvalue weighted by Gasteiger charge is 2.25. The summed E-state index contributed by atoms with van der Waals surface area (Å²) in [5, 5.41) is 16.8. The summed E-state index contributed by atoms with van der Waals surface area (Å²) in [6, 6.07) is 24.6. The molecule has 166 valence electrons. The lowest BCUT2D eigenvalue weighted by Crippen LogP contribution is -2.19. The van der Waals surface area contributed by atoms with Gasteiger partial charge >= 0.3 is 0 Å². The number of aliphatic hydroxyl groups is 1. The van der Waals surface area contributed by atoms with E-state index in [4.69, 9.17) is 5.11 Å². The van der Waals surface area contributed by atoms with Gasteiger partial charge in [0, 0.05) is 6.61 Å². The molecular weight excluding hydrogens is 410 g/mol. The summed E-state index contributed by atoms with van der Waals surface area (Å²) in [6.07, 6.45) is 5.77. The summed E-state index contributed by atoms with van der Waals surface area (Å²) in [5.41, 5.74) is 4.02. The summed E-state index contributed by atoms with van der Waals surface area (Å²) in [6.45, 7) is 0.310. The molecule has 4 aromatic rings. The van der Waals surface area contributed by atoms with Crippen LogP contribution in [0, 0.1) is 0 Å². The summed E-state index contributed by atoms with van der Waals surface area (Å²) < 4.78 is 0. The standard InChI is InChI=1S/C21H22O.C8H5NO2/c22-14-4-7-15-6-3-9-19-18(15)12-13-20-17-8-2-1-5-16(17)10-11-21(19)20;10-7-5-3-1-2-4-6(5)8(11)9-7/h1-2,5,8,10-13,15,22H,3-4,6-7,9,14H2;1-4H,(H,9,10,11). The van der Waals surface area contributed by atoms with Crippen LogP contribution in [-0.4, -0.2) is 23.5 Å². The van der Waals surface area contributed by atoms with Gasteiger partial charge < -0.3 is 5.11 Å². The predicted octanol–water partition coefficient (Wildman–Crippen LogP) is 5.76. The minimum absolute atomic E-state index is 0.300. The molecule has 0 aromatic heterocycles. The van der Waals surface area contributed by atoms with E-state index < -0.39 is 0 Å². The first-order valence-electron chi connectivity index (χ1n) is 11.7. The van der Waals surface area contributed by atoms with E-state index in [0.717, 1.165) is 12.8 Å². The molecule has 1 heterocycles. The highest BCUT2D eigenvalue weighted by molar-refractivity contribution is 6.21. The van der Waals surface area contributed by atoms with E-state index >= 15 is 0 Å². The molecule has 0 saturated heterocycles. The second kappa shape index (κ2) is 9.16. The van der Waals surface area contributed by atoms with Crippen LogP contribution >= 0.6 is 0 Å². The molecule has 4 heteroatoms. The van der Waals surface area contributed by atoms with Crippen molar-refractivity contribution in [3.63, 3.8) is 0 Å². The molecule has 6 rings (SSSR count). The zero-order chi connectivity index (χ0) is 22.8. The van der Waals surface area contributed by atoms with Gasteiger partial charge in [0.2, 0.25) is 0 Å². The lowest BCUT2D eigenvalue weighted by Gasteiger charge is -2.27. The van der Waals surface area contributed by atoms with Gasteiger partial charge in [0.05, 0.1) is 11.1 Å². The number of hydrogen-bond acceptors (Lipinski definition) is 3. The van der Waals surface area contributed by atoms with Gasteiger partial charge in [-0.3, -0.25) is 14.9 Å². The van der Waals surface area contributed by atoms with E-state index in [2.05, 4.69) is 53.8 Å². The first-order chi connectivity index (χ1) is 16.2. The number of carbonyl (C=O) groups excluding carboxylic acids is 2. The number of fused-ring (bicyclic) bond motifs is 6. The Labute approximate surface area is 193 Å². The Morgan fingerprint density at radius 3 is 2.24 bits per heavy atom. The van der Waals surface area contributed by atoms with Crippen molar-refractivity contribution in [2.75, 3.05) is 6.61 Å². The average Bonchev–Trinajstić information content (AvgIpc) is 3.16. The number of amides is 2. The first-order valence-corrected chi connectivity index (χ1v) is 11.7. The molecule has 0 saturated carbocycles. The van der Waals surface area contributed by atoms with E-state index in [1.165, 1.54) is 46.4 Å². The van der Waals surface area contributed by atoms with E-state index in [1.807, 2.05) is 0 Å². The van der Waals surface area contributed by atoms with Crippen LogP contribution in [0.1, 0.15) is 63.4 Å². The van der Waals surface area contributed by atoms with E-state index in [1.54, 1.807) is 29.8 Å². The number of rotatable bonds is 3. The van der Waals surface area contributed by atoms with Crippen LogP contribution in [0.2, 0.25) is 0 Å². The number of benzene rings is 4. The summed E-state index contributed by atoms with van der Waals surface area (Å²) in [5.74, 6) is 0.0305. The molecule has 33 heavy (non-hydrogen) atoms. The van der Waals surface area contributed by atoms with Gasteiger partial charge in [-0.25, -0.2) is 0 Å². The van der Waals surface area contributed by atoms with E-state index in [9.17, 15) is 9.59 Å². The molecule has 0 spiro atoms.